The molecule has 0 atom stereocenters. The van der Waals surface area contributed by atoms with Gasteiger partial charge in [0, 0.05) is 20.2 Å². The van der Waals surface area contributed by atoms with Gasteiger partial charge in [-0.2, -0.15) is 5.10 Å². The van der Waals surface area contributed by atoms with Gasteiger partial charge in [0.2, 0.25) is 0 Å². The maximum atomic E-state index is 12.1. The number of H-pyrrole nitrogens is 1. The molecule has 0 radical (unpaired) electrons. The molecule has 0 amide bonds. The molecule has 2 N–H and O–H groups in total. The second kappa shape index (κ2) is 5.44. The van der Waals surface area contributed by atoms with Crippen molar-refractivity contribution in [2.45, 2.75) is 0 Å². The van der Waals surface area contributed by atoms with Crippen LogP contribution in [0.2, 0.25) is 0 Å². The lowest BCUT2D eigenvalue weighted by molar-refractivity contribution is 0.577. The molecule has 126 valence electrons. The summed E-state index contributed by atoms with van der Waals surface area (Å²) in [5, 5.41) is 9.77. The van der Waals surface area contributed by atoms with Gasteiger partial charge in [-0.15, -0.1) is 0 Å². The molecule has 0 aromatic carbocycles. The molecular weight excluding hydrogens is 326 g/mol. The normalized spacial score (nSPS) is 11.1. The van der Waals surface area contributed by atoms with Crippen molar-refractivity contribution in [2.24, 2.45) is 14.1 Å². The number of anilines is 2. The average Bonchev–Trinajstić information content (AvgIpc) is 3.28. The Kier molecular flexibility index (Phi) is 3.24. The minimum absolute atomic E-state index is 0.299. The zero-order valence-corrected chi connectivity index (χ0v) is 13.3. The summed E-state index contributed by atoms with van der Waals surface area (Å²) in [4.78, 5) is 32.8. The van der Waals surface area contributed by atoms with Gasteiger partial charge in [-0.05, 0) is 12.1 Å². The van der Waals surface area contributed by atoms with Crippen molar-refractivity contribution in [3.8, 4) is 11.6 Å². The lowest BCUT2D eigenvalue weighted by atomic mass is 10.3. The molecule has 0 fully saturated rings. The smallest absolute Gasteiger partial charge is 0.332 e. The molecule has 4 aromatic heterocycles. The molecular formula is C15H13N7O3. The molecule has 0 saturated heterocycles. The molecule has 25 heavy (non-hydrogen) atoms. The first-order chi connectivity index (χ1) is 12.0. The first-order valence-electron chi connectivity index (χ1n) is 7.33. The second-order valence-corrected chi connectivity index (χ2v) is 5.40. The van der Waals surface area contributed by atoms with Crippen molar-refractivity contribution in [3.63, 3.8) is 0 Å². The van der Waals surface area contributed by atoms with Crippen LogP contribution in [-0.2, 0) is 14.1 Å². The molecule has 0 aliphatic heterocycles. The van der Waals surface area contributed by atoms with Crippen LogP contribution in [0.25, 0.3) is 22.6 Å². The Balaban J connectivity index is 1.89. The standard InChI is InChI=1S/C15H13N7O3/c1-21-10(6-11(23)22(2)15(21)24)18-14-12-8(7-16-20-12)17-13(19-14)9-4-3-5-25-9/h3-7H,1-2H3,(H,16,20)(H,17,18,19). The van der Waals surface area contributed by atoms with E-state index >= 15 is 0 Å². The van der Waals surface area contributed by atoms with Gasteiger partial charge in [-0.25, -0.2) is 14.8 Å². The summed E-state index contributed by atoms with van der Waals surface area (Å²) >= 11 is 0. The molecule has 0 unspecified atom stereocenters. The first-order valence-corrected chi connectivity index (χ1v) is 7.33. The number of nitrogens with zero attached hydrogens (tertiary/aromatic N) is 5. The minimum Gasteiger partial charge on any atom is -0.461 e. The van der Waals surface area contributed by atoms with Crippen molar-refractivity contribution in [2.75, 3.05) is 5.32 Å². The zero-order valence-electron chi connectivity index (χ0n) is 13.3. The van der Waals surface area contributed by atoms with Crippen LogP contribution in [0.1, 0.15) is 0 Å². The summed E-state index contributed by atoms with van der Waals surface area (Å²) in [6, 6.07) is 4.79. The summed E-state index contributed by atoms with van der Waals surface area (Å²) in [6.07, 6.45) is 3.08. The molecule has 4 aromatic rings. The van der Waals surface area contributed by atoms with Crippen LogP contribution in [-0.4, -0.2) is 29.3 Å². The largest absolute Gasteiger partial charge is 0.461 e. The average molecular weight is 339 g/mol. The number of hydrogen-bond acceptors (Lipinski definition) is 7. The fraction of sp³-hybridized carbons (Fsp3) is 0.133. The number of rotatable bonds is 3. The molecule has 10 heteroatoms. The van der Waals surface area contributed by atoms with E-state index in [1.165, 1.54) is 23.9 Å². The minimum atomic E-state index is -0.448. The van der Waals surface area contributed by atoms with Crippen LogP contribution in [0.3, 0.4) is 0 Å². The lowest BCUT2D eigenvalue weighted by Crippen LogP contribution is -2.37. The highest BCUT2D eigenvalue weighted by molar-refractivity contribution is 5.87. The third-order valence-corrected chi connectivity index (χ3v) is 3.81. The van der Waals surface area contributed by atoms with E-state index < -0.39 is 11.2 Å². The number of aromatic nitrogens is 6. The van der Waals surface area contributed by atoms with Gasteiger partial charge >= 0.3 is 5.69 Å². The Bertz CT molecular complexity index is 1180. The molecule has 0 saturated carbocycles. The van der Waals surface area contributed by atoms with Crippen molar-refractivity contribution in [1.82, 2.24) is 29.3 Å². The summed E-state index contributed by atoms with van der Waals surface area (Å²) in [5.41, 5.74) is 0.240. The van der Waals surface area contributed by atoms with Crippen LogP contribution >= 0.6 is 0 Å². The molecule has 10 nitrogen and oxygen atoms in total. The maximum Gasteiger partial charge on any atom is 0.332 e. The van der Waals surface area contributed by atoms with Gasteiger partial charge in [-0.1, -0.05) is 0 Å². The van der Waals surface area contributed by atoms with Crippen LogP contribution in [0.15, 0.2) is 44.7 Å². The van der Waals surface area contributed by atoms with E-state index in [0.29, 0.717) is 34.3 Å². The third kappa shape index (κ3) is 2.40. The zero-order chi connectivity index (χ0) is 17.6. The Labute approximate surface area is 139 Å². The molecule has 0 spiro atoms. The Morgan fingerprint density at radius 1 is 1.20 bits per heavy atom. The molecule has 0 bridgehead atoms. The second-order valence-electron chi connectivity index (χ2n) is 5.40. The van der Waals surface area contributed by atoms with Crippen LogP contribution in [0, 0.1) is 0 Å². The number of hydrogen-bond donors (Lipinski definition) is 2. The Morgan fingerprint density at radius 2 is 2.04 bits per heavy atom. The van der Waals surface area contributed by atoms with Crippen LogP contribution in [0.5, 0.6) is 0 Å². The maximum absolute atomic E-state index is 12.1. The summed E-state index contributed by atoms with van der Waals surface area (Å²) in [6.45, 7) is 0. The van der Waals surface area contributed by atoms with Gasteiger partial charge < -0.3 is 9.73 Å². The Hall–Kier alpha value is -3.69. The van der Waals surface area contributed by atoms with Crippen molar-refractivity contribution in [3.05, 3.63) is 51.5 Å². The highest BCUT2D eigenvalue weighted by Crippen LogP contribution is 2.25. The predicted octanol–water partition coefficient (Wildman–Crippen LogP) is 0.754. The monoisotopic (exact) mass is 339 g/mol. The van der Waals surface area contributed by atoms with Gasteiger partial charge in [-0.3, -0.25) is 19.0 Å². The third-order valence-electron chi connectivity index (χ3n) is 3.81. The number of fused-ring (bicyclic) bond motifs is 1. The topological polar surface area (TPSA) is 124 Å². The van der Waals surface area contributed by atoms with Crippen molar-refractivity contribution >= 4 is 22.7 Å². The fourth-order valence-electron chi connectivity index (χ4n) is 2.42. The van der Waals surface area contributed by atoms with Crippen molar-refractivity contribution < 1.29 is 4.42 Å². The fourth-order valence-corrected chi connectivity index (χ4v) is 2.42. The first kappa shape index (κ1) is 14.9. The SMILES string of the molecule is Cn1c(Nc2nc(-c3ccco3)nc3cn[nH]c23)cc(=O)n(C)c1=O. The van der Waals surface area contributed by atoms with E-state index in [1.807, 2.05) is 0 Å². The van der Waals surface area contributed by atoms with E-state index in [2.05, 4.69) is 25.5 Å². The van der Waals surface area contributed by atoms with E-state index in [0.717, 1.165) is 4.57 Å². The van der Waals surface area contributed by atoms with E-state index in [4.69, 9.17) is 4.42 Å². The van der Waals surface area contributed by atoms with E-state index in [1.54, 1.807) is 25.4 Å². The summed E-state index contributed by atoms with van der Waals surface area (Å²) < 4.78 is 7.67. The molecule has 4 rings (SSSR count). The highest BCUT2D eigenvalue weighted by atomic mass is 16.3. The number of furan rings is 1. The molecule has 0 aliphatic rings. The number of nitrogens with one attached hydrogen (secondary N) is 2. The predicted molar refractivity (Wildman–Crippen MR) is 89.6 cm³/mol. The van der Waals surface area contributed by atoms with Crippen molar-refractivity contribution in [1.29, 1.82) is 0 Å². The van der Waals surface area contributed by atoms with Gasteiger partial charge in [0.25, 0.3) is 5.56 Å². The van der Waals surface area contributed by atoms with Crippen LogP contribution < -0.4 is 16.6 Å². The van der Waals surface area contributed by atoms with E-state index in [9.17, 15) is 9.59 Å². The summed E-state index contributed by atoms with van der Waals surface area (Å²) in [5.74, 6) is 1.52. The van der Waals surface area contributed by atoms with Gasteiger partial charge in [0.15, 0.2) is 17.4 Å². The highest BCUT2D eigenvalue weighted by Gasteiger charge is 2.15. The molecule has 4 heterocycles. The summed E-state index contributed by atoms with van der Waals surface area (Å²) in [7, 11) is 2.98. The quantitative estimate of drug-likeness (QED) is 0.564. The van der Waals surface area contributed by atoms with E-state index in [-0.39, 0.29) is 0 Å². The number of aromatic amines is 1. The lowest BCUT2D eigenvalue weighted by Gasteiger charge is -2.12. The van der Waals surface area contributed by atoms with Crippen LogP contribution in [0.4, 0.5) is 11.6 Å². The van der Waals surface area contributed by atoms with Gasteiger partial charge in [0.05, 0.1) is 12.5 Å². The Morgan fingerprint density at radius 3 is 2.80 bits per heavy atom. The molecule has 0 aliphatic carbocycles. The van der Waals surface area contributed by atoms with Gasteiger partial charge in [0.1, 0.15) is 16.9 Å².